The largest absolute Gasteiger partial charge is 0.346 e. The minimum absolute atomic E-state index is 0.820. The number of benzene rings is 1. The molecule has 0 saturated carbocycles. The number of nitrogens with zero attached hydrogens (tertiary/aromatic N) is 3. The van der Waals surface area contributed by atoms with Gasteiger partial charge in [-0.05, 0) is 18.6 Å². The molecule has 1 aromatic carbocycles. The van der Waals surface area contributed by atoms with Crippen LogP contribution in [0.5, 0.6) is 0 Å². The second-order valence-corrected chi connectivity index (χ2v) is 4.75. The Morgan fingerprint density at radius 2 is 2.06 bits per heavy atom. The number of aryl methyl sites for hydroxylation is 2. The maximum Gasteiger partial charge on any atom is 0.0945 e. The van der Waals surface area contributed by atoms with Gasteiger partial charge in [-0.3, -0.25) is 0 Å². The Morgan fingerprint density at radius 3 is 2.89 bits per heavy atom. The number of imidazole rings is 1. The van der Waals surface area contributed by atoms with Gasteiger partial charge in [0.15, 0.2) is 0 Å². The third kappa shape index (κ3) is 2.14. The molecule has 0 aliphatic rings. The van der Waals surface area contributed by atoms with Crippen LogP contribution >= 0.6 is 11.6 Å². The van der Waals surface area contributed by atoms with Crippen LogP contribution in [-0.2, 0) is 13.1 Å². The van der Waals surface area contributed by atoms with Gasteiger partial charge in [-0.1, -0.05) is 23.7 Å². The zero-order valence-electron chi connectivity index (χ0n) is 9.96. The molecular formula is C14H14ClN3. The molecule has 2 heterocycles. The first kappa shape index (κ1) is 11.4. The SMILES string of the molecule is Clc1cccc2ccn(CCCn3ccnc3)c12. The highest BCUT2D eigenvalue weighted by Gasteiger charge is 2.04. The predicted octanol–water partition coefficient (Wildman–Crippen LogP) is 3.58. The van der Waals surface area contributed by atoms with Gasteiger partial charge >= 0.3 is 0 Å². The summed E-state index contributed by atoms with van der Waals surface area (Å²) in [6, 6.07) is 8.13. The molecule has 18 heavy (non-hydrogen) atoms. The summed E-state index contributed by atoms with van der Waals surface area (Å²) in [6.07, 6.45) is 8.80. The number of aromatic nitrogens is 3. The van der Waals surface area contributed by atoms with Crippen molar-refractivity contribution in [2.75, 3.05) is 0 Å². The lowest BCUT2D eigenvalue weighted by molar-refractivity contribution is 0.573. The molecule has 92 valence electrons. The molecule has 0 bridgehead atoms. The Hall–Kier alpha value is -1.74. The molecule has 0 aliphatic heterocycles. The van der Waals surface area contributed by atoms with E-state index in [9.17, 15) is 0 Å². The quantitative estimate of drug-likeness (QED) is 0.702. The van der Waals surface area contributed by atoms with Crippen LogP contribution in [-0.4, -0.2) is 14.1 Å². The molecule has 0 atom stereocenters. The second-order valence-electron chi connectivity index (χ2n) is 4.34. The average molecular weight is 260 g/mol. The summed E-state index contributed by atoms with van der Waals surface area (Å²) in [5.74, 6) is 0. The first-order valence-electron chi connectivity index (χ1n) is 6.04. The zero-order chi connectivity index (χ0) is 12.4. The van der Waals surface area contributed by atoms with Crippen molar-refractivity contribution in [3.05, 3.63) is 54.2 Å². The van der Waals surface area contributed by atoms with Gasteiger partial charge in [-0.25, -0.2) is 4.98 Å². The van der Waals surface area contributed by atoms with Crippen LogP contribution in [0, 0.1) is 0 Å². The molecule has 3 aromatic rings. The molecule has 0 amide bonds. The molecule has 0 fully saturated rings. The fraction of sp³-hybridized carbons (Fsp3) is 0.214. The van der Waals surface area contributed by atoms with Crippen molar-refractivity contribution >= 4 is 22.5 Å². The highest BCUT2D eigenvalue weighted by molar-refractivity contribution is 6.35. The number of hydrogen-bond acceptors (Lipinski definition) is 1. The standard InChI is InChI=1S/C14H14ClN3/c15-13-4-1-3-12-5-9-18(14(12)13)8-2-7-17-10-6-16-11-17/h1,3-6,9-11H,2,7-8H2. The van der Waals surface area contributed by atoms with E-state index in [1.807, 2.05) is 30.9 Å². The molecule has 0 unspecified atom stereocenters. The topological polar surface area (TPSA) is 22.8 Å². The first-order chi connectivity index (χ1) is 8.84. The molecule has 0 radical (unpaired) electrons. The summed E-state index contributed by atoms with van der Waals surface area (Å²) in [5, 5.41) is 2.02. The maximum absolute atomic E-state index is 6.25. The minimum Gasteiger partial charge on any atom is -0.346 e. The Labute approximate surface area is 111 Å². The highest BCUT2D eigenvalue weighted by Crippen LogP contribution is 2.24. The van der Waals surface area contributed by atoms with Crippen LogP contribution in [0.1, 0.15) is 6.42 Å². The molecule has 3 nitrogen and oxygen atoms in total. The van der Waals surface area contributed by atoms with Gasteiger partial charge < -0.3 is 9.13 Å². The normalized spacial score (nSPS) is 11.2. The van der Waals surface area contributed by atoms with Crippen LogP contribution in [0.2, 0.25) is 5.02 Å². The van der Waals surface area contributed by atoms with Crippen molar-refractivity contribution < 1.29 is 0 Å². The third-order valence-electron chi connectivity index (χ3n) is 3.11. The van der Waals surface area contributed by atoms with Gasteiger partial charge in [0.25, 0.3) is 0 Å². The van der Waals surface area contributed by atoms with E-state index in [2.05, 4.69) is 32.4 Å². The molecule has 2 aromatic heterocycles. The van der Waals surface area contributed by atoms with Gasteiger partial charge in [0.1, 0.15) is 0 Å². The smallest absolute Gasteiger partial charge is 0.0945 e. The maximum atomic E-state index is 6.25. The summed E-state index contributed by atoms with van der Waals surface area (Å²) in [5.41, 5.74) is 1.13. The van der Waals surface area contributed by atoms with Gasteiger partial charge in [0.05, 0.1) is 16.9 Å². The number of hydrogen-bond donors (Lipinski definition) is 0. The average Bonchev–Trinajstić information content (AvgIpc) is 3.00. The summed E-state index contributed by atoms with van der Waals surface area (Å²) in [7, 11) is 0. The van der Waals surface area contributed by atoms with Gasteiger partial charge in [0.2, 0.25) is 0 Å². The van der Waals surface area contributed by atoms with E-state index in [-0.39, 0.29) is 0 Å². The molecular weight excluding hydrogens is 246 g/mol. The summed E-state index contributed by atoms with van der Waals surface area (Å²) in [4.78, 5) is 4.04. The van der Waals surface area contributed by atoms with E-state index >= 15 is 0 Å². The number of rotatable bonds is 4. The fourth-order valence-corrected chi connectivity index (χ4v) is 2.53. The van der Waals surface area contributed by atoms with Crippen molar-refractivity contribution in [1.29, 1.82) is 0 Å². The summed E-state index contributed by atoms with van der Waals surface area (Å²) < 4.78 is 4.31. The lowest BCUT2D eigenvalue weighted by Crippen LogP contribution is -2.01. The zero-order valence-corrected chi connectivity index (χ0v) is 10.7. The van der Waals surface area contributed by atoms with E-state index < -0.39 is 0 Å². The second kappa shape index (κ2) is 4.86. The van der Waals surface area contributed by atoms with Crippen LogP contribution in [0.15, 0.2) is 49.2 Å². The molecule has 0 spiro atoms. The van der Waals surface area contributed by atoms with Crippen LogP contribution in [0.25, 0.3) is 10.9 Å². The van der Waals surface area contributed by atoms with Gasteiger partial charge in [-0.15, -0.1) is 0 Å². The fourth-order valence-electron chi connectivity index (χ4n) is 2.24. The lowest BCUT2D eigenvalue weighted by atomic mass is 10.2. The number of halogens is 1. The van der Waals surface area contributed by atoms with E-state index in [0.29, 0.717) is 0 Å². The van der Waals surface area contributed by atoms with E-state index in [0.717, 1.165) is 30.0 Å². The van der Waals surface area contributed by atoms with E-state index in [4.69, 9.17) is 11.6 Å². The summed E-state index contributed by atoms with van der Waals surface area (Å²) >= 11 is 6.25. The van der Waals surface area contributed by atoms with Crippen molar-refractivity contribution in [3.8, 4) is 0 Å². The van der Waals surface area contributed by atoms with E-state index in [1.165, 1.54) is 5.39 Å². The molecule has 0 N–H and O–H groups in total. The Kier molecular flexibility index (Phi) is 3.07. The molecule has 0 saturated heterocycles. The van der Waals surface area contributed by atoms with Gasteiger partial charge in [0, 0.05) is 37.1 Å². The van der Waals surface area contributed by atoms with Crippen LogP contribution < -0.4 is 0 Å². The number of para-hydroxylation sites is 1. The predicted molar refractivity (Wildman–Crippen MR) is 73.8 cm³/mol. The van der Waals surface area contributed by atoms with E-state index in [1.54, 1.807) is 0 Å². The summed E-state index contributed by atoms with van der Waals surface area (Å²) in [6.45, 7) is 1.94. The minimum atomic E-state index is 0.820. The molecule has 4 heteroatoms. The van der Waals surface area contributed by atoms with Crippen LogP contribution in [0.4, 0.5) is 0 Å². The lowest BCUT2D eigenvalue weighted by Gasteiger charge is -2.07. The Bertz CT molecular complexity index is 640. The van der Waals surface area contributed by atoms with Crippen molar-refractivity contribution in [3.63, 3.8) is 0 Å². The highest BCUT2D eigenvalue weighted by atomic mass is 35.5. The van der Waals surface area contributed by atoms with Crippen molar-refractivity contribution in [2.45, 2.75) is 19.5 Å². The monoisotopic (exact) mass is 259 g/mol. The number of fused-ring (bicyclic) bond motifs is 1. The van der Waals surface area contributed by atoms with Crippen LogP contribution in [0.3, 0.4) is 0 Å². The first-order valence-corrected chi connectivity index (χ1v) is 6.41. The van der Waals surface area contributed by atoms with Crippen molar-refractivity contribution in [2.24, 2.45) is 0 Å². The molecule has 3 rings (SSSR count). The third-order valence-corrected chi connectivity index (χ3v) is 3.42. The Balaban J connectivity index is 1.75. The van der Waals surface area contributed by atoms with Gasteiger partial charge in [-0.2, -0.15) is 0 Å². The Morgan fingerprint density at radius 1 is 1.11 bits per heavy atom. The van der Waals surface area contributed by atoms with Crippen molar-refractivity contribution in [1.82, 2.24) is 14.1 Å². The molecule has 0 aliphatic carbocycles.